The number of nitrogens with two attached hydrogens (primary N) is 1. The van der Waals surface area contributed by atoms with Crippen LogP contribution in [0.4, 0.5) is 5.95 Å². The van der Waals surface area contributed by atoms with Crippen LogP contribution >= 0.6 is 0 Å². The van der Waals surface area contributed by atoms with Gasteiger partial charge in [0, 0.05) is 6.04 Å². The SMILES string of the molecule is COc1ncnc2c1nc(N)n2C(C)CC(C)C. The Morgan fingerprint density at radius 1 is 1.33 bits per heavy atom. The molecule has 2 aromatic rings. The molecule has 6 heteroatoms. The average molecular weight is 249 g/mol. The first-order chi connectivity index (χ1) is 8.54. The van der Waals surface area contributed by atoms with Gasteiger partial charge in [0.15, 0.2) is 11.2 Å². The summed E-state index contributed by atoms with van der Waals surface area (Å²) in [6, 6.07) is 0.245. The van der Waals surface area contributed by atoms with Crippen LogP contribution in [0.25, 0.3) is 11.2 Å². The van der Waals surface area contributed by atoms with E-state index in [-0.39, 0.29) is 6.04 Å². The highest BCUT2D eigenvalue weighted by Gasteiger charge is 2.19. The van der Waals surface area contributed by atoms with Gasteiger partial charge in [0.2, 0.25) is 11.8 Å². The lowest BCUT2D eigenvalue weighted by Crippen LogP contribution is -2.11. The van der Waals surface area contributed by atoms with Crippen LogP contribution in [0.1, 0.15) is 33.2 Å². The van der Waals surface area contributed by atoms with E-state index >= 15 is 0 Å². The summed E-state index contributed by atoms with van der Waals surface area (Å²) < 4.78 is 7.12. The minimum Gasteiger partial charge on any atom is -0.479 e. The summed E-state index contributed by atoms with van der Waals surface area (Å²) >= 11 is 0. The third-order valence-corrected chi connectivity index (χ3v) is 2.92. The van der Waals surface area contributed by atoms with Crippen molar-refractivity contribution in [1.82, 2.24) is 19.5 Å². The lowest BCUT2D eigenvalue weighted by molar-refractivity contribution is 0.401. The first kappa shape index (κ1) is 12.6. The highest BCUT2D eigenvalue weighted by atomic mass is 16.5. The molecule has 0 fully saturated rings. The number of hydrogen-bond donors (Lipinski definition) is 1. The van der Waals surface area contributed by atoms with Crippen LogP contribution in [0, 0.1) is 5.92 Å². The summed E-state index contributed by atoms with van der Waals surface area (Å²) in [7, 11) is 1.56. The monoisotopic (exact) mass is 249 g/mol. The van der Waals surface area contributed by atoms with Crippen molar-refractivity contribution in [3.05, 3.63) is 6.33 Å². The lowest BCUT2D eigenvalue weighted by Gasteiger charge is -2.17. The molecule has 0 aliphatic carbocycles. The number of hydrogen-bond acceptors (Lipinski definition) is 5. The second-order valence-electron chi connectivity index (χ2n) is 4.87. The molecule has 0 spiro atoms. The largest absolute Gasteiger partial charge is 0.479 e. The predicted octanol–water partition coefficient (Wildman–Crippen LogP) is 2.02. The maximum absolute atomic E-state index is 5.98. The van der Waals surface area contributed by atoms with E-state index in [1.165, 1.54) is 6.33 Å². The fraction of sp³-hybridized carbons (Fsp3) is 0.583. The zero-order valence-electron chi connectivity index (χ0n) is 11.2. The molecule has 0 saturated carbocycles. The second kappa shape index (κ2) is 4.80. The Hall–Kier alpha value is -1.85. The summed E-state index contributed by atoms with van der Waals surface area (Å²) in [4.78, 5) is 12.6. The number of nitrogen functional groups attached to an aromatic ring is 1. The maximum Gasteiger partial charge on any atom is 0.245 e. The van der Waals surface area contributed by atoms with E-state index in [1.807, 2.05) is 4.57 Å². The van der Waals surface area contributed by atoms with E-state index in [0.717, 1.165) is 12.1 Å². The van der Waals surface area contributed by atoms with Gasteiger partial charge in [0.05, 0.1) is 7.11 Å². The van der Waals surface area contributed by atoms with E-state index in [0.29, 0.717) is 23.3 Å². The molecule has 2 N–H and O–H groups in total. The highest BCUT2D eigenvalue weighted by Crippen LogP contribution is 2.28. The number of rotatable bonds is 4. The number of imidazole rings is 1. The molecule has 0 saturated heterocycles. The van der Waals surface area contributed by atoms with Gasteiger partial charge in [-0.2, -0.15) is 4.98 Å². The van der Waals surface area contributed by atoms with E-state index in [2.05, 4.69) is 35.7 Å². The van der Waals surface area contributed by atoms with Gasteiger partial charge in [-0.25, -0.2) is 9.97 Å². The first-order valence-electron chi connectivity index (χ1n) is 6.07. The molecule has 0 aromatic carbocycles. The molecule has 98 valence electrons. The Morgan fingerprint density at radius 2 is 2.06 bits per heavy atom. The molecule has 18 heavy (non-hydrogen) atoms. The van der Waals surface area contributed by atoms with Crippen molar-refractivity contribution in [2.75, 3.05) is 12.8 Å². The predicted molar refractivity (Wildman–Crippen MR) is 70.5 cm³/mol. The Morgan fingerprint density at radius 3 is 2.67 bits per heavy atom. The zero-order chi connectivity index (χ0) is 13.3. The molecule has 2 aromatic heterocycles. The summed E-state index contributed by atoms with van der Waals surface area (Å²) in [6.45, 7) is 6.48. The molecule has 0 amide bonds. The lowest BCUT2D eigenvalue weighted by atomic mass is 10.1. The normalized spacial score (nSPS) is 13.2. The van der Waals surface area contributed by atoms with Crippen LogP contribution in [0.3, 0.4) is 0 Å². The number of ether oxygens (including phenoxy) is 1. The topological polar surface area (TPSA) is 78.8 Å². The molecule has 0 bridgehead atoms. The van der Waals surface area contributed by atoms with Crippen molar-refractivity contribution in [1.29, 1.82) is 0 Å². The maximum atomic E-state index is 5.98. The van der Waals surface area contributed by atoms with Crippen molar-refractivity contribution in [2.45, 2.75) is 33.2 Å². The summed E-state index contributed by atoms with van der Waals surface area (Å²) in [5.74, 6) is 1.50. The minimum absolute atomic E-state index is 0.245. The standard InChI is InChI=1S/C12H19N5O/c1-7(2)5-8(3)17-10-9(16-12(17)13)11(18-4)15-6-14-10/h6-8H,5H2,1-4H3,(H2,13,16). The van der Waals surface area contributed by atoms with Crippen LogP contribution in [-0.2, 0) is 0 Å². The Bertz CT molecular complexity index is 549. The molecular weight excluding hydrogens is 230 g/mol. The third-order valence-electron chi connectivity index (χ3n) is 2.92. The number of anilines is 1. The van der Waals surface area contributed by atoms with Crippen LogP contribution in [0.2, 0.25) is 0 Å². The molecule has 0 aliphatic rings. The Labute approximate surface area is 106 Å². The van der Waals surface area contributed by atoms with Crippen LogP contribution in [-0.4, -0.2) is 26.6 Å². The van der Waals surface area contributed by atoms with Gasteiger partial charge >= 0.3 is 0 Å². The van der Waals surface area contributed by atoms with Crippen LogP contribution in [0.15, 0.2) is 6.33 Å². The molecule has 0 radical (unpaired) electrons. The van der Waals surface area contributed by atoms with Gasteiger partial charge in [-0.15, -0.1) is 0 Å². The molecule has 1 unspecified atom stereocenters. The van der Waals surface area contributed by atoms with Gasteiger partial charge in [-0.05, 0) is 19.3 Å². The summed E-state index contributed by atoms with van der Waals surface area (Å²) in [5.41, 5.74) is 7.33. The van der Waals surface area contributed by atoms with Crippen molar-refractivity contribution < 1.29 is 4.74 Å². The van der Waals surface area contributed by atoms with Gasteiger partial charge in [-0.3, -0.25) is 4.57 Å². The quantitative estimate of drug-likeness (QED) is 0.896. The number of aromatic nitrogens is 4. The van der Waals surface area contributed by atoms with Crippen molar-refractivity contribution >= 4 is 17.1 Å². The number of fused-ring (bicyclic) bond motifs is 1. The van der Waals surface area contributed by atoms with Gasteiger partial charge in [-0.1, -0.05) is 13.8 Å². The minimum atomic E-state index is 0.245. The smallest absolute Gasteiger partial charge is 0.245 e. The average Bonchev–Trinajstić information content (AvgIpc) is 2.63. The molecule has 2 heterocycles. The van der Waals surface area contributed by atoms with Gasteiger partial charge in [0.1, 0.15) is 6.33 Å². The second-order valence-corrected chi connectivity index (χ2v) is 4.87. The Kier molecular flexibility index (Phi) is 3.36. The molecule has 6 nitrogen and oxygen atoms in total. The van der Waals surface area contributed by atoms with Crippen molar-refractivity contribution in [3.8, 4) is 5.88 Å². The van der Waals surface area contributed by atoms with Crippen molar-refractivity contribution in [2.24, 2.45) is 5.92 Å². The van der Waals surface area contributed by atoms with Gasteiger partial charge < -0.3 is 10.5 Å². The van der Waals surface area contributed by atoms with Crippen LogP contribution < -0.4 is 10.5 Å². The van der Waals surface area contributed by atoms with Crippen LogP contribution in [0.5, 0.6) is 5.88 Å². The summed E-state index contributed by atoms with van der Waals surface area (Å²) in [5, 5.41) is 0. The zero-order valence-corrected chi connectivity index (χ0v) is 11.2. The first-order valence-corrected chi connectivity index (χ1v) is 6.07. The fourth-order valence-electron chi connectivity index (χ4n) is 2.28. The highest BCUT2D eigenvalue weighted by molar-refractivity contribution is 5.79. The summed E-state index contributed by atoms with van der Waals surface area (Å²) in [6.07, 6.45) is 2.49. The molecular formula is C12H19N5O. The third kappa shape index (κ3) is 2.10. The fourth-order valence-corrected chi connectivity index (χ4v) is 2.28. The van der Waals surface area contributed by atoms with E-state index in [9.17, 15) is 0 Å². The number of methoxy groups -OCH3 is 1. The van der Waals surface area contributed by atoms with Crippen molar-refractivity contribution in [3.63, 3.8) is 0 Å². The van der Waals surface area contributed by atoms with E-state index in [4.69, 9.17) is 10.5 Å². The molecule has 2 rings (SSSR count). The molecule has 1 atom stereocenters. The number of nitrogens with zero attached hydrogens (tertiary/aromatic N) is 4. The molecule has 0 aliphatic heterocycles. The van der Waals surface area contributed by atoms with E-state index < -0.39 is 0 Å². The van der Waals surface area contributed by atoms with E-state index in [1.54, 1.807) is 7.11 Å². The Balaban J connectivity index is 2.54. The van der Waals surface area contributed by atoms with Gasteiger partial charge in [0.25, 0.3) is 0 Å².